The van der Waals surface area contributed by atoms with E-state index in [2.05, 4.69) is 42.5 Å². The fourth-order valence-electron chi connectivity index (χ4n) is 2.56. The van der Waals surface area contributed by atoms with E-state index in [-0.39, 0.29) is 0 Å². The van der Waals surface area contributed by atoms with Crippen molar-refractivity contribution in [3.8, 4) is 0 Å². The molecule has 0 spiro atoms. The zero-order chi connectivity index (χ0) is 15.0. The Morgan fingerprint density at radius 1 is 1.14 bits per heavy atom. The van der Waals surface area contributed by atoms with Gasteiger partial charge in [-0.25, -0.2) is 9.97 Å². The molecule has 0 aliphatic rings. The lowest BCUT2D eigenvalue weighted by molar-refractivity contribution is 0.746. The molecule has 3 rings (SSSR count). The predicted molar refractivity (Wildman–Crippen MR) is 86.3 cm³/mol. The Morgan fingerprint density at radius 3 is 2.52 bits per heavy atom. The summed E-state index contributed by atoms with van der Waals surface area (Å²) in [5.74, 6) is 1.07. The van der Waals surface area contributed by atoms with Gasteiger partial charge in [0.05, 0.1) is 6.54 Å². The van der Waals surface area contributed by atoms with Crippen LogP contribution in [0.1, 0.15) is 29.4 Å². The van der Waals surface area contributed by atoms with E-state index in [9.17, 15) is 0 Å². The van der Waals surface area contributed by atoms with Gasteiger partial charge in [-0.3, -0.25) is 0 Å². The minimum absolute atomic E-state index is 0.773. The normalized spacial score (nSPS) is 11.2. The Balaban J connectivity index is 2.12. The van der Waals surface area contributed by atoms with Crippen molar-refractivity contribution >= 4 is 16.9 Å². The van der Waals surface area contributed by atoms with E-state index < -0.39 is 0 Å². The number of benzene rings is 1. The summed E-state index contributed by atoms with van der Waals surface area (Å²) < 4.78 is 2.20. The van der Waals surface area contributed by atoms with Gasteiger partial charge in [0.2, 0.25) is 0 Å². The second kappa shape index (κ2) is 5.20. The fourth-order valence-corrected chi connectivity index (χ4v) is 2.56. The third-order valence-electron chi connectivity index (χ3n) is 3.98. The van der Waals surface area contributed by atoms with E-state index in [0.717, 1.165) is 35.6 Å². The third-order valence-corrected chi connectivity index (χ3v) is 3.98. The van der Waals surface area contributed by atoms with Crippen molar-refractivity contribution < 1.29 is 0 Å². The lowest BCUT2D eigenvalue weighted by Gasteiger charge is -2.08. The number of pyridine rings is 1. The molecule has 0 atom stereocenters. The molecular formula is C17H20N4. The molecule has 0 bridgehead atoms. The predicted octanol–water partition coefficient (Wildman–Crippen LogP) is 3.24. The van der Waals surface area contributed by atoms with Gasteiger partial charge in [0, 0.05) is 18.3 Å². The maximum absolute atomic E-state index is 5.75. The minimum Gasteiger partial charge on any atom is -0.399 e. The molecule has 4 nitrogen and oxygen atoms in total. The number of nitrogen functional groups attached to an aromatic ring is 1. The summed E-state index contributed by atoms with van der Waals surface area (Å²) in [6, 6.07) is 7.98. The Morgan fingerprint density at radius 2 is 1.86 bits per heavy atom. The number of hydrogen-bond acceptors (Lipinski definition) is 3. The molecule has 4 heteroatoms. The topological polar surface area (TPSA) is 56.7 Å². The molecule has 0 saturated carbocycles. The highest BCUT2D eigenvalue weighted by Gasteiger charge is 2.13. The van der Waals surface area contributed by atoms with E-state index in [1.165, 1.54) is 16.7 Å². The lowest BCUT2D eigenvalue weighted by Crippen LogP contribution is -2.05. The molecule has 2 N–H and O–H groups in total. The average Bonchev–Trinajstić information content (AvgIpc) is 2.84. The van der Waals surface area contributed by atoms with Crippen LogP contribution in [0.25, 0.3) is 11.2 Å². The first kappa shape index (κ1) is 13.6. The molecule has 0 amide bonds. The van der Waals surface area contributed by atoms with Crippen molar-refractivity contribution in [3.05, 3.63) is 53.0 Å². The second-order valence-corrected chi connectivity index (χ2v) is 5.45. The maximum Gasteiger partial charge on any atom is 0.160 e. The smallest absolute Gasteiger partial charge is 0.160 e. The SMILES string of the molecule is CCc1nc2c(C)c(C)cnc2n1Cc1ccc(N)cc1. The van der Waals surface area contributed by atoms with E-state index in [1.807, 2.05) is 18.3 Å². The average molecular weight is 280 g/mol. The number of anilines is 1. The number of aromatic nitrogens is 3. The lowest BCUT2D eigenvalue weighted by atomic mass is 10.1. The summed E-state index contributed by atoms with van der Waals surface area (Å²) in [5.41, 5.74) is 12.1. The Labute approximate surface area is 124 Å². The molecule has 3 aromatic rings. The van der Waals surface area contributed by atoms with Crippen molar-refractivity contribution in [3.63, 3.8) is 0 Å². The van der Waals surface area contributed by atoms with Crippen LogP contribution in [-0.2, 0) is 13.0 Å². The van der Waals surface area contributed by atoms with Crippen molar-refractivity contribution in [1.82, 2.24) is 14.5 Å². The van der Waals surface area contributed by atoms with Crippen LogP contribution < -0.4 is 5.73 Å². The molecule has 0 saturated heterocycles. The zero-order valence-electron chi connectivity index (χ0n) is 12.7. The van der Waals surface area contributed by atoms with Gasteiger partial charge in [-0.2, -0.15) is 0 Å². The molecule has 21 heavy (non-hydrogen) atoms. The van der Waals surface area contributed by atoms with E-state index in [4.69, 9.17) is 10.7 Å². The summed E-state index contributed by atoms with van der Waals surface area (Å²) in [6.07, 6.45) is 2.82. The summed E-state index contributed by atoms with van der Waals surface area (Å²) in [7, 11) is 0. The minimum atomic E-state index is 0.773. The highest BCUT2D eigenvalue weighted by atomic mass is 15.1. The molecule has 0 unspecified atom stereocenters. The summed E-state index contributed by atoms with van der Waals surface area (Å²) >= 11 is 0. The highest BCUT2D eigenvalue weighted by Crippen LogP contribution is 2.22. The van der Waals surface area contributed by atoms with Crippen LogP contribution in [0, 0.1) is 13.8 Å². The monoisotopic (exact) mass is 280 g/mol. The summed E-state index contributed by atoms with van der Waals surface area (Å²) in [5, 5.41) is 0. The van der Waals surface area contributed by atoms with Gasteiger partial charge < -0.3 is 10.3 Å². The van der Waals surface area contributed by atoms with Crippen LogP contribution in [0.4, 0.5) is 5.69 Å². The molecule has 108 valence electrons. The van der Waals surface area contributed by atoms with Gasteiger partial charge in [0.1, 0.15) is 11.3 Å². The quantitative estimate of drug-likeness (QED) is 0.749. The van der Waals surface area contributed by atoms with Crippen LogP contribution >= 0.6 is 0 Å². The Kier molecular flexibility index (Phi) is 3.37. The number of imidazole rings is 1. The molecule has 1 aromatic carbocycles. The van der Waals surface area contributed by atoms with Crippen LogP contribution in [-0.4, -0.2) is 14.5 Å². The first-order valence-corrected chi connectivity index (χ1v) is 7.26. The molecule has 0 fully saturated rings. The van der Waals surface area contributed by atoms with Gasteiger partial charge >= 0.3 is 0 Å². The zero-order valence-corrected chi connectivity index (χ0v) is 12.7. The Bertz CT molecular complexity index is 785. The van der Waals surface area contributed by atoms with Crippen LogP contribution in [0.2, 0.25) is 0 Å². The van der Waals surface area contributed by atoms with Crippen LogP contribution in [0.15, 0.2) is 30.5 Å². The van der Waals surface area contributed by atoms with Crippen molar-refractivity contribution in [2.45, 2.75) is 33.7 Å². The molecule has 0 aliphatic carbocycles. The first-order valence-electron chi connectivity index (χ1n) is 7.26. The second-order valence-electron chi connectivity index (χ2n) is 5.45. The molecule has 2 aromatic heterocycles. The van der Waals surface area contributed by atoms with E-state index in [1.54, 1.807) is 0 Å². The molecular weight excluding hydrogens is 260 g/mol. The number of nitrogens with zero attached hydrogens (tertiary/aromatic N) is 3. The van der Waals surface area contributed by atoms with Gasteiger partial charge in [-0.1, -0.05) is 19.1 Å². The van der Waals surface area contributed by atoms with Crippen molar-refractivity contribution in [1.29, 1.82) is 0 Å². The van der Waals surface area contributed by atoms with Gasteiger partial charge in [-0.05, 0) is 42.7 Å². The third kappa shape index (κ3) is 2.37. The first-order chi connectivity index (χ1) is 10.1. The van der Waals surface area contributed by atoms with Gasteiger partial charge in [0.15, 0.2) is 5.65 Å². The highest BCUT2D eigenvalue weighted by molar-refractivity contribution is 5.76. The van der Waals surface area contributed by atoms with Crippen molar-refractivity contribution in [2.75, 3.05) is 5.73 Å². The molecule has 0 aliphatic heterocycles. The van der Waals surface area contributed by atoms with E-state index >= 15 is 0 Å². The largest absolute Gasteiger partial charge is 0.399 e. The fraction of sp³-hybridized carbons (Fsp3) is 0.294. The van der Waals surface area contributed by atoms with E-state index in [0.29, 0.717) is 0 Å². The number of aryl methyl sites for hydroxylation is 3. The maximum atomic E-state index is 5.75. The molecule has 0 radical (unpaired) electrons. The standard InChI is InChI=1S/C17H20N4/c1-4-15-20-16-12(3)11(2)9-19-17(16)21(15)10-13-5-7-14(18)8-6-13/h5-9H,4,10,18H2,1-3H3. The van der Waals surface area contributed by atoms with Crippen molar-refractivity contribution in [2.24, 2.45) is 0 Å². The van der Waals surface area contributed by atoms with Gasteiger partial charge in [-0.15, -0.1) is 0 Å². The summed E-state index contributed by atoms with van der Waals surface area (Å²) in [4.78, 5) is 9.38. The number of rotatable bonds is 3. The van der Waals surface area contributed by atoms with Gasteiger partial charge in [0.25, 0.3) is 0 Å². The molecule has 2 heterocycles. The van der Waals surface area contributed by atoms with Crippen LogP contribution in [0.3, 0.4) is 0 Å². The Hall–Kier alpha value is -2.36. The van der Waals surface area contributed by atoms with Crippen LogP contribution in [0.5, 0.6) is 0 Å². The number of hydrogen-bond donors (Lipinski definition) is 1. The number of nitrogens with two attached hydrogens (primary N) is 1. The summed E-state index contributed by atoms with van der Waals surface area (Å²) in [6.45, 7) is 7.09. The number of fused-ring (bicyclic) bond motifs is 1.